The van der Waals surface area contributed by atoms with Crippen LogP contribution in [0.1, 0.15) is 51.0 Å². The summed E-state index contributed by atoms with van der Waals surface area (Å²) < 4.78 is -0.714. The SMILES string of the molecule is CCCCSC1(SCCCC)N=C(N)C2(C#N)C(c3ccc(SC)cc3)C12C#N. The summed E-state index contributed by atoms with van der Waals surface area (Å²) in [5, 5.41) is 20.8. The fourth-order valence-corrected chi connectivity index (χ4v) is 8.46. The molecule has 154 valence electrons. The van der Waals surface area contributed by atoms with Gasteiger partial charge in [-0.05, 0) is 48.3 Å². The highest BCUT2D eigenvalue weighted by molar-refractivity contribution is 8.18. The van der Waals surface area contributed by atoms with E-state index >= 15 is 0 Å². The number of benzene rings is 1. The largest absolute Gasteiger partial charge is 0.386 e. The minimum absolute atomic E-state index is 0.235. The zero-order valence-electron chi connectivity index (χ0n) is 17.3. The van der Waals surface area contributed by atoms with Gasteiger partial charge >= 0.3 is 0 Å². The molecule has 0 saturated heterocycles. The lowest BCUT2D eigenvalue weighted by molar-refractivity contribution is 0.562. The van der Waals surface area contributed by atoms with E-state index in [1.807, 2.05) is 6.26 Å². The third kappa shape index (κ3) is 3.17. The van der Waals surface area contributed by atoms with Crippen molar-refractivity contribution in [2.45, 2.75) is 54.5 Å². The molecule has 3 atom stereocenters. The molecular weight excluding hydrogens is 416 g/mol. The average molecular weight is 445 g/mol. The van der Waals surface area contributed by atoms with Crippen molar-refractivity contribution in [3.8, 4) is 12.1 Å². The standard InChI is InChI=1S/C22H28N4S3/c1-4-6-12-28-22(29-13-7-5-2)21(15-24)18(20(21,14-23)19(25)26-22)16-8-10-17(27-3)11-9-16/h8-11,18H,4-7,12-13H2,1-3H3,(H2,25,26). The highest BCUT2D eigenvalue weighted by atomic mass is 32.2. The van der Waals surface area contributed by atoms with E-state index in [0.717, 1.165) is 42.8 Å². The highest BCUT2D eigenvalue weighted by Gasteiger charge is 2.91. The van der Waals surface area contributed by atoms with Crippen LogP contribution in [-0.2, 0) is 0 Å². The normalized spacial score (nSPS) is 28.9. The maximum atomic E-state index is 10.5. The zero-order valence-corrected chi connectivity index (χ0v) is 19.7. The maximum absolute atomic E-state index is 10.5. The average Bonchev–Trinajstić information content (AvgIpc) is 3.32. The molecule has 1 saturated carbocycles. The number of thioether (sulfide) groups is 3. The van der Waals surface area contributed by atoms with Gasteiger partial charge < -0.3 is 5.73 Å². The number of nitriles is 2. The van der Waals surface area contributed by atoms with E-state index < -0.39 is 15.0 Å². The third-order valence-electron chi connectivity index (χ3n) is 5.97. The summed E-state index contributed by atoms with van der Waals surface area (Å²) in [5.74, 6) is 1.93. The van der Waals surface area contributed by atoms with Crippen LogP contribution < -0.4 is 5.73 Å². The van der Waals surface area contributed by atoms with Crippen LogP contribution in [0.15, 0.2) is 34.2 Å². The van der Waals surface area contributed by atoms with Crippen molar-refractivity contribution in [1.82, 2.24) is 0 Å². The minimum atomic E-state index is -1.03. The number of nitrogens with zero attached hydrogens (tertiary/aromatic N) is 3. The van der Waals surface area contributed by atoms with Crippen molar-refractivity contribution in [2.24, 2.45) is 21.6 Å². The van der Waals surface area contributed by atoms with Crippen LogP contribution in [0, 0.1) is 33.5 Å². The topological polar surface area (TPSA) is 86.0 Å². The van der Waals surface area contributed by atoms with Crippen LogP contribution >= 0.6 is 35.3 Å². The first-order valence-corrected chi connectivity index (χ1v) is 13.3. The molecule has 1 aliphatic heterocycles. The minimum Gasteiger partial charge on any atom is -0.386 e. The van der Waals surface area contributed by atoms with Gasteiger partial charge in [0.1, 0.15) is 16.7 Å². The van der Waals surface area contributed by atoms with Gasteiger partial charge in [0.15, 0.2) is 4.20 Å². The lowest BCUT2D eigenvalue weighted by atomic mass is 9.97. The molecule has 1 aromatic carbocycles. The van der Waals surface area contributed by atoms with E-state index in [1.54, 1.807) is 35.3 Å². The van der Waals surface area contributed by atoms with Crippen molar-refractivity contribution in [2.75, 3.05) is 17.8 Å². The van der Waals surface area contributed by atoms with Gasteiger partial charge in [0.25, 0.3) is 0 Å². The van der Waals surface area contributed by atoms with E-state index in [9.17, 15) is 10.5 Å². The fraction of sp³-hybridized carbons (Fsp3) is 0.591. The molecule has 1 aromatic rings. The van der Waals surface area contributed by atoms with E-state index in [-0.39, 0.29) is 5.92 Å². The summed E-state index contributed by atoms with van der Waals surface area (Å²) in [6.45, 7) is 4.33. The smallest absolute Gasteiger partial charge is 0.175 e. The molecule has 1 heterocycles. The van der Waals surface area contributed by atoms with Crippen LogP contribution in [0.4, 0.5) is 0 Å². The van der Waals surface area contributed by atoms with Crippen LogP contribution in [0.2, 0.25) is 0 Å². The van der Waals surface area contributed by atoms with E-state index in [0.29, 0.717) is 5.84 Å². The second kappa shape index (κ2) is 8.84. The Labute approximate surface area is 187 Å². The monoisotopic (exact) mass is 444 g/mol. The Kier molecular flexibility index (Phi) is 6.83. The van der Waals surface area contributed by atoms with Gasteiger partial charge in [-0.15, -0.1) is 35.3 Å². The Balaban J connectivity index is 2.07. The number of hydrogen-bond acceptors (Lipinski definition) is 7. The van der Waals surface area contributed by atoms with Crippen LogP contribution in [0.5, 0.6) is 0 Å². The number of aliphatic imine (C=N–C) groups is 1. The second-order valence-corrected chi connectivity index (χ2v) is 11.2. The Bertz CT molecular complexity index is 844. The molecule has 1 fully saturated rings. The first-order valence-electron chi connectivity index (χ1n) is 10.1. The van der Waals surface area contributed by atoms with E-state index in [2.05, 4.69) is 50.3 Å². The van der Waals surface area contributed by atoms with Gasteiger partial charge in [-0.1, -0.05) is 38.8 Å². The predicted molar refractivity (Wildman–Crippen MR) is 126 cm³/mol. The van der Waals surface area contributed by atoms with Gasteiger partial charge in [0, 0.05) is 10.8 Å². The van der Waals surface area contributed by atoms with Gasteiger partial charge in [-0.2, -0.15) is 10.5 Å². The molecule has 3 unspecified atom stereocenters. The predicted octanol–water partition coefficient (Wildman–Crippen LogP) is 5.62. The van der Waals surface area contributed by atoms with Crippen molar-refractivity contribution in [3.63, 3.8) is 0 Å². The fourth-order valence-electron chi connectivity index (χ4n) is 4.36. The molecule has 0 amide bonds. The molecule has 1 aliphatic carbocycles. The lowest BCUT2D eigenvalue weighted by Crippen LogP contribution is -2.32. The molecular formula is C22H28N4S3. The summed E-state index contributed by atoms with van der Waals surface area (Å²) in [7, 11) is 0. The summed E-state index contributed by atoms with van der Waals surface area (Å²) in [6.07, 6.45) is 6.34. The molecule has 7 heteroatoms. The molecule has 3 rings (SSSR count). The number of rotatable bonds is 10. The third-order valence-corrected chi connectivity index (χ3v) is 10.0. The second-order valence-electron chi connectivity index (χ2n) is 7.53. The van der Waals surface area contributed by atoms with Gasteiger partial charge in [-0.3, -0.25) is 0 Å². The van der Waals surface area contributed by atoms with Crippen LogP contribution in [0.25, 0.3) is 0 Å². The number of fused-ring (bicyclic) bond motifs is 1. The van der Waals surface area contributed by atoms with Gasteiger partial charge in [0.2, 0.25) is 0 Å². The maximum Gasteiger partial charge on any atom is 0.175 e. The summed E-state index contributed by atoms with van der Waals surface area (Å²) >= 11 is 5.12. The number of unbranched alkanes of at least 4 members (excludes halogenated alkanes) is 2. The molecule has 4 nitrogen and oxygen atoms in total. The Morgan fingerprint density at radius 2 is 1.62 bits per heavy atom. The first-order chi connectivity index (χ1) is 14.0. The number of nitrogens with two attached hydrogens (primary N) is 1. The van der Waals surface area contributed by atoms with Gasteiger partial charge in [-0.25, -0.2) is 4.99 Å². The molecule has 2 N–H and O–H groups in total. The Morgan fingerprint density at radius 1 is 1.03 bits per heavy atom. The van der Waals surface area contributed by atoms with Crippen molar-refractivity contribution >= 4 is 41.1 Å². The van der Waals surface area contributed by atoms with Crippen molar-refractivity contribution in [1.29, 1.82) is 10.5 Å². The summed E-state index contributed by atoms with van der Waals surface area (Å²) in [6, 6.07) is 13.3. The number of hydrogen-bond donors (Lipinski definition) is 1. The van der Waals surface area contributed by atoms with Crippen molar-refractivity contribution < 1.29 is 0 Å². The molecule has 2 aliphatic rings. The molecule has 0 bridgehead atoms. The number of amidine groups is 1. The van der Waals surface area contributed by atoms with Crippen LogP contribution in [-0.4, -0.2) is 27.8 Å². The summed E-state index contributed by atoms with van der Waals surface area (Å²) in [4.78, 5) is 6.03. The van der Waals surface area contributed by atoms with E-state index in [4.69, 9.17) is 10.7 Å². The zero-order chi connectivity index (χ0) is 21.1. The molecule has 0 spiro atoms. The molecule has 0 radical (unpaired) electrons. The molecule has 29 heavy (non-hydrogen) atoms. The van der Waals surface area contributed by atoms with Crippen LogP contribution in [0.3, 0.4) is 0 Å². The quantitative estimate of drug-likeness (QED) is 0.286. The molecule has 0 aromatic heterocycles. The highest BCUT2D eigenvalue weighted by Crippen LogP contribution is 2.85. The summed E-state index contributed by atoms with van der Waals surface area (Å²) in [5.41, 5.74) is 5.51. The Hall–Kier alpha value is -1.28. The van der Waals surface area contributed by atoms with Gasteiger partial charge in [0.05, 0.1) is 12.1 Å². The van der Waals surface area contributed by atoms with Crippen molar-refractivity contribution in [3.05, 3.63) is 29.8 Å². The first kappa shape index (κ1) is 22.4. The van der Waals surface area contributed by atoms with E-state index in [1.165, 1.54) is 4.90 Å². The Morgan fingerprint density at radius 3 is 2.07 bits per heavy atom. The lowest BCUT2D eigenvalue weighted by Gasteiger charge is -2.32.